The summed E-state index contributed by atoms with van der Waals surface area (Å²) in [5.41, 5.74) is 1.88. The molecule has 0 unspecified atom stereocenters. The van der Waals surface area contributed by atoms with E-state index in [1.54, 1.807) is 12.1 Å². The van der Waals surface area contributed by atoms with Gasteiger partial charge in [0.15, 0.2) is 0 Å². The molecule has 0 aliphatic heterocycles. The Labute approximate surface area is 93.2 Å². The SMILES string of the molecule is COC(=O)Cc1cc(Cl)c(C)cc1C#N. The lowest BCUT2D eigenvalue weighted by atomic mass is 10.0. The van der Waals surface area contributed by atoms with Crippen molar-refractivity contribution in [2.75, 3.05) is 7.11 Å². The highest BCUT2D eigenvalue weighted by atomic mass is 35.5. The van der Waals surface area contributed by atoms with Gasteiger partial charge in [-0.1, -0.05) is 11.6 Å². The van der Waals surface area contributed by atoms with Crippen LogP contribution in [0, 0.1) is 18.3 Å². The van der Waals surface area contributed by atoms with E-state index in [9.17, 15) is 4.79 Å². The van der Waals surface area contributed by atoms with E-state index >= 15 is 0 Å². The number of aryl methyl sites for hydroxylation is 1. The molecule has 1 aromatic rings. The second-order valence-electron chi connectivity index (χ2n) is 3.12. The molecule has 0 N–H and O–H groups in total. The van der Waals surface area contributed by atoms with Gasteiger partial charge in [-0.25, -0.2) is 0 Å². The first-order valence-corrected chi connectivity index (χ1v) is 4.72. The number of carbonyl (C=O) groups excluding carboxylic acids is 1. The average molecular weight is 224 g/mol. The quantitative estimate of drug-likeness (QED) is 0.723. The van der Waals surface area contributed by atoms with Gasteiger partial charge >= 0.3 is 5.97 Å². The van der Waals surface area contributed by atoms with Crippen molar-refractivity contribution in [2.45, 2.75) is 13.3 Å². The van der Waals surface area contributed by atoms with Crippen molar-refractivity contribution in [1.82, 2.24) is 0 Å². The molecule has 3 nitrogen and oxygen atoms in total. The van der Waals surface area contributed by atoms with Crippen LogP contribution in [0.25, 0.3) is 0 Å². The third kappa shape index (κ3) is 2.71. The van der Waals surface area contributed by atoms with Gasteiger partial charge in [-0.3, -0.25) is 4.79 Å². The second-order valence-corrected chi connectivity index (χ2v) is 3.53. The maximum Gasteiger partial charge on any atom is 0.310 e. The number of ether oxygens (including phenoxy) is 1. The van der Waals surface area contributed by atoms with Crippen molar-refractivity contribution in [3.05, 3.63) is 33.8 Å². The summed E-state index contributed by atoms with van der Waals surface area (Å²) < 4.78 is 4.53. The van der Waals surface area contributed by atoms with Crippen molar-refractivity contribution in [1.29, 1.82) is 5.26 Å². The lowest BCUT2D eigenvalue weighted by Gasteiger charge is -2.05. The zero-order valence-electron chi connectivity index (χ0n) is 8.50. The first kappa shape index (κ1) is 11.5. The molecule has 0 aliphatic carbocycles. The maximum atomic E-state index is 11.1. The minimum absolute atomic E-state index is 0.0688. The third-order valence-electron chi connectivity index (χ3n) is 2.07. The summed E-state index contributed by atoms with van der Waals surface area (Å²) in [6.45, 7) is 1.81. The van der Waals surface area contributed by atoms with Crippen LogP contribution >= 0.6 is 11.6 Å². The molecule has 78 valence electrons. The minimum Gasteiger partial charge on any atom is -0.469 e. The van der Waals surface area contributed by atoms with Gasteiger partial charge in [0.05, 0.1) is 25.2 Å². The molecule has 0 spiro atoms. The smallest absolute Gasteiger partial charge is 0.310 e. The Kier molecular flexibility index (Phi) is 3.70. The van der Waals surface area contributed by atoms with Gasteiger partial charge in [0.1, 0.15) is 0 Å². The van der Waals surface area contributed by atoms with Crippen molar-refractivity contribution in [2.24, 2.45) is 0 Å². The van der Waals surface area contributed by atoms with E-state index in [2.05, 4.69) is 4.74 Å². The zero-order valence-corrected chi connectivity index (χ0v) is 9.26. The number of rotatable bonds is 2. The topological polar surface area (TPSA) is 50.1 Å². The van der Waals surface area contributed by atoms with Crippen LogP contribution in [-0.4, -0.2) is 13.1 Å². The number of nitriles is 1. The number of hydrogen-bond donors (Lipinski definition) is 0. The lowest BCUT2D eigenvalue weighted by molar-refractivity contribution is -0.139. The second kappa shape index (κ2) is 4.81. The van der Waals surface area contributed by atoms with Gasteiger partial charge in [0.2, 0.25) is 0 Å². The summed E-state index contributed by atoms with van der Waals surface area (Å²) in [6, 6.07) is 5.33. The predicted octanol–water partition coefficient (Wildman–Crippen LogP) is 2.24. The van der Waals surface area contributed by atoms with E-state index in [-0.39, 0.29) is 12.4 Å². The number of methoxy groups -OCH3 is 1. The normalized spacial score (nSPS) is 9.47. The number of hydrogen-bond acceptors (Lipinski definition) is 3. The Morgan fingerprint density at radius 2 is 2.27 bits per heavy atom. The number of nitrogens with zero attached hydrogens (tertiary/aromatic N) is 1. The molecule has 0 heterocycles. The Balaban J connectivity index is 3.12. The fourth-order valence-electron chi connectivity index (χ4n) is 1.20. The number of carbonyl (C=O) groups is 1. The van der Waals surface area contributed by atoms with Crippen LogP contribution in [0.1, 0.15) is 16.7 Å². The van der Waals surface area contributed by atoms with E-state index < -0.39 is 0 Å². The van der Waals surface area contributed by atoms with Crippen molar-refractivity contribution >= 4 is 17.6 Å². The van der Waals surface area contributed by atoms with Gasteiger partial charge in [-0.05, 0) is 30.2 Å². The van der Waals surface area contributed by atoms with Crippen LogP contribution in [0.5, 0.6) is 0 Å². The van der Waals surface area contributed by atoms with Crippen molar-refractivity contribution < 1.29 is 9.53 Å². The summed E-state index contributed by atoms with van der Waals surface area (Å²) in [4.78, 5) is 11.1. The molecule has 0 saturated heterocycles. The molecule has 0 bridgehead atoms. The first-order chi connectivity index (χ1) is 7.08. The summed E-state index contributed by atoms with van der Waals surface area (Å²) in [7, 11) is 1.31. The molecule has 0 fully saturated rings. The van der Waals surface area contributed by atoms with E-state index in [4.69, 9.17) is 16.9 Å². The Morgan fingerprint density at radius 1 is 1.60 bits per heavy atom. The highest BCUT2D eigenvalue weighted by Gasteiger charge is 2.10. The zero-order chi connectivity index (χ0) is 11.4. The molecule has 0 aromatic heterocycles. The predicted molar refractivity (Wildman–Crippen MR) is 56.6 cm³/mol. The summed E-state index contributed by atoms with van der Waals surface area (Å²) >= 11 is 5.91. The monoisotopic (exact) mass is 223 g/mol. The largest absolute Gasteiger partial charge is 0.469 e. The summed E-state index contributed by atoms with van der Waals surface area (Å²) in [5, 5.41) is 9.42. The molecule has 0 amide bonds. The molecular formula is C11H10ClNO2. The van der Waals surface area contributed by atoms with E-state index in [0.717, 1.165) is 5.56 Å². The highest BCUT2D eigenvalue weighted by Crippen LogP contribution is 2.21. The molecule has 0 radical (unpaired) electrons. The number of esters is 1. The van der Waals surface area contributed by atoms with Gasteiger partial charge in [0, 0.05) is 5.02 Å². The van der Waals surface area contributed by atoms with Crippen LogP contribution in [-0.2, 0) is 16.0 Å². The number of halogens is 1. The Bertz CT molecular complexity index is 435. The standard InChI is InChI=1S/C11H10ClNO2/c1-7-3-9(6-13)8(4-10(7)12)5-11(14)15-2/h3-4H,5H2,1-2H3. The lowest BCUT2D eigenvalue weighted by Crippen LogP contribution is -2.06. The Hall–Kier alpha value is -1.53. The minimum atomic E-state index is -0.383. The van der Waals surface area contributed by atoms with Gasteiger partial charge in [0.25, 0.3) is 0 Å². The van der Waals surface area contributed by atoms with E-state index in [1.807, 2.05) is 13.0 Å². The van der Waals surface area contributed by atoms with Crippen molar-refractivity contribution in [3.63, 3.8) is 0 Å². The van der Waals surface area contributed by atoms with E-state index in [1.165, 1.54) is 7.11 Å². The molecule has 1 rings (SSSR count). The molecule has 4 heteroatoms. The molecule has 0 aliphatic rings. The molecule has 0 atom stereocenters. The summed E-state index contributed by atoms with van der Waals surface area (Å²) in [5.74, 6) is -0.383. The molecule has 15 heavy (non-hydrogen) atoms. The van der Waals surface area contributed by atoms with Gasteiger partial charge in [-0.15, -0.1) is 0 Å². The van der Waals surface area contributed by atoms with Crippen molar-refractivity contribution in [3.8, 4) is 6.07 Å². The van der Waals surface area contributed by atoms with Gasteiger partial charge < -0.3 is 4.74 Å². The van der Waals surface area contributed by atoms with Crippen LogP contribution in [0.3, 0.4) is 0 Å². The van der Waals surface area contributed by atoms with Crippen LogP contribution in [0.2, 0.25) is 5.02 Å². The highest BCUT2D eigenvalue weighted by molar-refractivity contribution is 6.31. The molecule has 1 aromatic carbocycles. The fraction of sp³-hybridized carbons (Fsp3) is 0.273. The molecular weight excluding hydrogens is 214 g/mol. The van der Waals surface area contributed by atoms with Crippen LogP contribution in [0.4, 0.5) is 0 Å². The van der Waals surface area contributed by atoms with Crippen LogP contribution < -0.4 is 0 Å². The average Bonchev–Trinajstić information content (AvgIpc) is 2.22. The Morgan fingerprint density at radius 3 is 2.80 bits per heavy atom. The van der Waals surface area contributed by atoms with Gasteiger partial charge in [-0.2, -0.15) is 5.26 Å². The first-order valence-electron chi connectivity index (χ1n) is 4.34. The number of benzene rings is 1. The van der Waals surface area contributed by atoms with Crippen LogP contribution in [0.15, 0.2) is 12.1 Å². The summed E-state index contributed by atoms with van der Waals surface area (Å²) in [6.07, 6.45) is 0.0688. The fourth-order valence-corrected chi connectivity index (χ4v) is 1.39. The third-order valence-corrected chi connectivity index (χ3v) is 2.47. The molecule has 0 saturated carbocycles. The van der Waals surface area contributed by atoms with E-state index in [0.29, 0.717) is 16.1 Å². The maximum absolute atomic E-state index is 11.1.